The van der Waals surface area contributed by atoms with Gasteiger partial charge in [0.15, 0.2) is 10.2 Å². The van der Waals surface area contributed by atoms with E-state index in [9.17, 15) is 0 Å². The highest BCUT2D eigenvalue weighted by Gasteiger charge is 2.33. The molecule has 0 aliphatic carbocycles. The highest BCUT2D eigenvalue weighted by Crippen LogP contribution is 2.16. The largest absolute Gasteiger partial charge is 0.340 e. The molecule has 12 heavy (non-hydrogen) atoms. The van der Waals surface area contributed by atoms with E-state index in [1.165, 1.54) is 0 Å². The minimum atomic E-state index is -0.139. The third-order valence-electron chi connectivity index (χ3n) is 2.34. The molecular formula is C7H13N3S2. The van der Waals surface area contributed by atoms with E-state index < -0.39 is 0 Å². The lowest BCUT2D eigenvalue weighted by Gasteiger charge is -2.45. The maximum absolute atomic E-state index is 5.11. The lowest BCUT2D eigenvalue weighted by Crippen LogP contribution is -2.68. The van der Waals surface area contributed by atoms with E-state index >= 15 is 0 Å². The zero-order valence-electron chi connectivity index (χ0n) is 7.47. The minimum Gasteiger partial charge on any atom is -0.340 e. The first-order valence-electron chi connectivity index (χ1n) is 3.86. The van der Waals surface area contributed by atoms with Gasteiger partial charge in [-0.3, -0.25) is 0 Å². The monoisotopic (exact) mass is 203 g/mol. The van der Waals surface area contributed by atoms with E-state index in [4.69, 9.17) is 24.4 Å². The van der Waals surface area contributed by atoms with Crippen LogP contribution in [0.3, 0.4) is 0 Å². The Hall–Kier alpha value is -0.420. The molecule has 0 amide bonds. The molecule has 1 aliphatic rings. The zero-order valence-corrected chi connectivity index (χ0v) is 9.10. The summed E-state index contributed by atoms with van der Waals surface area (Å²) in [5.41, 5.74) is -0.139. The van der Waals surface area contributed by atoms with Crippen molar-refractivity contribution in [2.45, 2.75) is 25.9 Å². The van der Waals surface area contributed by atoms with Crippen molar-refractivity contribution in [3.63, 3.8) is 0 Å². The molecule has 0 spiro atoms. The van der Waals surface area contributed by atoms with Crippen molar-refractivity contribution in [1.82, 2.24) is 15.5 Å². The predicted molar refractivity (Wildman–Crippen MR) is 57.9 cm³/mol. The van der Waals surface area contributed by atoms with E-state index in [-0.39, 0.29) is 5.66 Å². The van der Waals surface area contributed by atoms with Crippen molar-refractivity contribution >= 4 is 34.7 Å². The van der Waals surface area contributed by atoms with Crippen LogP contribution in [0.5, 0.6) is 0 Å². The maximum Gasteiger partial charge on any atom is 0.176 e. The van der Waals surface area contributed by atoms with Crippen LogP contribution in [0.4, 0.5) is 0 Å². The van der Waals surface area contributed by atoms with Gasteiger partial charge < -0.3 is 15.5 Å². The average Bonchev–Trinajstić information content (AvgIpc) is 2.00. The predicted octanol–water partition coefficient (Wildman–Crippen LogP) is 0.807. The Morgan fingerprint density at radius 2 is 2.08 bits per heavy atom. The van der Waals surface area contributed by atoms with Crippen LogP contribution in [0.25, 0.3) is 0 Å². The van der Waals surface area contributed by atoms with Crippen molar-refractivity contribution in [1.29, 1.82) is 0 Å². The molecule has 68 valence electrons. The molecule has 1 heterocycles. The van der Waals surface area contributed by atoms with Crippen LogP contribution in [0.2, 0.25) is 0 Å². The van der Waals surface area contributed by atoms with Crippen LogP contribution < -0.4 is 10.6 Å². The summed E-state index contributed by atoms with van der Waals surface area (Å²) in [6.07, 6.45) is 0.950. The van der Waals surface area contributed by atoms with Crippen LogP contribution in [0, 0.1) is 0 Å². The van der Waals surface area contributed by atoms with Crippen molar-refractivity contribution in [3.8, 4) is 0 Å². The molecule has 1 saturated heterocycles. The molecule has 0 radical (unpaired) electrons. The lowest BCUT2D eigenvalue weighted by atomic mass is 10.1. The van der Waals surface area contributed by atoms with Gasteiger partial charge in [0.05, 0.1) is 0 Å². The second-order valence-electron chi connectivity index (χ2n) is 3.07. The Balaban J connectivity index is 2.86. The van der Waals surface area contributed by atoms with Gasteiger partial charge in [-0.05, 0) is 37.8 Å². The van der Waals surface area contributed by atoms with Gasteiger partial charge >= 0.3 is 0 Å². The SMILES string of the molecule is CCC1(C)NC(=S)NC(=S)N1C. The normalized spacial score (nSPS) is 29.8. The summed E-state index contributed by atoms with van der Waals surface area (Å²) in [6, 6.07) is 0. The Kier molecular flexibility index (Phi) is 2.53. The molecule has 0 saturated carbocycles. The quantitative estimate of drug-likeness (QED) is 0.615. The number of thiocarbonyl (C=S) groups is 2. The second kappa shape index (κ2) is 3.14. The number of hydrogen-bond acceptors (Lipinski definition) is 2. The minimum absolute atomic E-state index is 0.139. The Morgan fingerprint density at radius 1 is 1.50 bits per heavy atom. The summed E-state index contributed by atoms with van der Waals surface area (Å²) < 4.78 is 0. The maximum atomic E-state index is 5.11. The van der Waals surface area contributed by atoms with Gasteiger partial charge in [0.2, 0.25) is 0 Å². The fourth-order valence-corrected chi connectivity index (χ4v) is 1.78. The Bertz CT molecular complexity index is 229. The lowest BCUT2D eigenvalue weighted by molar-refractivity contribution is 0.188. The molecule has 3 nitrogen and oxygen atoms in total. The number of nitrogens with zero attached hydrogens (tertiary/aromatic N) is 1. The van der Waals surface area contributed by atoms with Crippen molar-refractivity contribution < 1.29 is 0 Å². The van der Waals surface area contributed by atoms with Gasteiger partial charge in [0.1, 0.15) is 5.66 Å². The second-order valence-corrected chi connectivity index (χ2v) is 3.87. The van der Waals surface area contributed by atoms with Crippen LogP contribution in [0.1, 0.15) is 20.3 Å². The summed E-state index contributed by atoms with van der Waals surface area (Å²) in [5.74, 6) is 0. The van der Waals surface area contributed by atoms with Gasteiger partial charge in [-0.25, -0.2) is 0 Å². The fourth-order valence-electron chi connectivity index (χ4n) is 1.09. The standard InChI is InChI=1S/C7H13N3S2/c1-4-7(2)9-5(11)8-6(12)10(7)3/h4H2,1-3H3,(H2,8,9,11,12). The van der Waals surface area contributed by atoms with Crippen molar-refractivity contribution in [2.24, 2.45) is 0 Å². The molecule has 0 bridgehead atoms. The first-order valence-corrected chi connectivity index (χ1v) is 4.68. The van der Waals surface area contributed by atoms with Crippen LogP contribution >= 0.6 is 24.4 Å². The van der Waals surface area contributed by atoms with E-state index in [1.807, 2.05) is 11.9 Å². The molecular weight excluding hydrogens is 190 g/mol. The topological polar surface area (TPSA) is 27.3 Å². The van der Waals surface area contributed by atoms with Crippen molar-refractivity contribution in [2.75, 3.05) is 7.05 Å². The van der Waals surface area contributed by atoms with E-state index in [2.05, 4.69) is 24.5 Å². The van der Waals surface area contributed by atoms with Gasteiger partial charge in [0, 0.05) is 7.05 Å². The van der Waals surface area contributed by atoms with Crippen LogP contribution in [-0.4, -0.2) is 27.8 Å². The first-order chi connectivity index (χ1) is 5.49. The summed E-state index contributed by atoms with van der Waals surface area (Å²) in [5, 5.41) is 7.37. The van der Waals surface area contributed by atoms with E-state index in [0.29, 0.717) is 10.2 Å². The Morgan fingerprint density at radius 3 is 2.58 bits per heavy atom. The molecule has 1 atom stereocenters. The first kappa shape index (κ1) is 9.67. The van der Waals surface area contributed by atoms with Gasteiger partial charge in [-0.2, -0.15) is 0 Å². The highest BCUT2D eigenvalue weighted by molar-refractivity contribution is 7.81. The molecule has 5 heteroatoms. The van der Waals surface area contributed by atoms with Gasteiger partial charge in [-0.15, -0.1) is 0 Å². The van der Waals surface area contributed by atoms with Gasteiger partial charge in [0.25, 0.3) is 0 Å². The van der Waals surface area contributed by atoms with Gasteiger partial charge in [-0.1, -0.05) is 6.92 Å². The third-order valence-corrected chi connectivity index (χ3v) is 2.92. The zero-order chi connectivity index (χ0) is 9.35. The molecule has 1 unspecified atom stereocenters. The van der Waals surface area contributed by atoms with Crippen molar-refractivity contribution in [3.05, 3.63) is 0 Å². The summed E-state index contributed by atoms with van der Waals surface area (Å²) in [4.78, 5) is 1.98. The van der Waals surface area contributed by atoms with Crippen LogP contribution in [0.15, 0.2) is 0 Å². The number of nitrogens with one attached hydrogen (secondary N) is 2. The molecule has 1 fully saturated rings. The van der Waals surface area contributed by atoms with E-state index in [0.717, 1.165) is 6.42 Å². The smallest absolute Gasteiger partial charge is 0.176 e. The molecule has 1 aliphatic heterocycles. The summed E-state index contributed by atoms with van der Waals surface area (Å²) >= 11 is 10.1. The number of hydrogen-bond donors (Lipinski definition) is 2. The molecule has 1 rings (SSSR count). The van der Waals surface area contributed by atoms with Crippen LogP contribution in [-0.2, 0) is 0 Å². The highest BCUT2D eigenvalue weighted by atomic mass is 32.1. The average molecular weight is 203 g/mol. The van der Waals surface area contributed by atoms with E-state index in [1.54, 1.807) is 0 Å². The molecule has 2 N–H and O–H groups in total. The number of rotatable bonds is 1. The summed E-state index contributed by atoms with van der Waals surface area (Å²) in [7, 11) is 1.95. The third kappa shape index (κ3) is 1.51. The summed E-state index contributed by atoms with van der Waals surface area (Å²) in [6.45, 7) is 4.17. The molecule has 0 aromatic rings. The Labute approximate surface area is 83.5 Å². The fraction of sp³-hybridized carbons (Fsp3) is 0.714. The molecule has 0 aromatic heterocycles. The molecule has 0 aromatic carbocycles.